The van der Waals surface area contributed by atoms with Crippen molar-refractivity contribution in [1.29, 1.82) is 0 Å². The molecule has 4 aromatic rings. The molecule has 0 spiro atoms. The number of rotatable bonds is 5. The molecule has 1 unspecified atom stereocenters. The summed E-state index contributed by atoms with van der Waals surface area (Å²) in [5.74, 6) is 0.378. The third-order valence-corrected chi connectivity index (χ3v) is 5.14. The van der Waals surface area contributed by atoms with Crippen molar-refractivity contribution in [2.24, 2.45) is 7.05 Å². The van der Waals surface area contributed by atoms with Crippen LogP contribution < -0.4 is 5.32 Å². The van der Waals surface area contributed by atoms with Crippen molar-refractivity contribution in [3.8, 4) is 0 Å². The first-order chi connectivity index (χ1) is 14.5. The molecule has 0 radical (unpaired) electrons. The van der Waals surface area contributed by atoms with Gasteiger partial charge in [0.1, 0.15) is 11.9 Å². The Morgan fingerprint density at radius 3 is 2.43 bits per heavy atom. The van der Waals surface area contributed by atoms with E-state index in [1.165, 1.54) is 18.2 Å². The lowest BCUT2D eigenvalue weighted by Gasteiger charge is -2.19. The standard InChI is InChI=1S/C23H20N4O3/c1-15-14-17(12-13-19(15)27(29)30)23(28)25-21(16-8-4-3-5-9-16)22-24-18-10-6-7-11-20(18)26(22)2/h3-14,21H,1-2H3,(H,25,28). The minimum absolute atomic E-state index is 0.0125. The molecule has 0 saturated carbocycles. The van der Waals surface area contributed by atoms with Gasteiger partial charge in [0.05, 0.1) is 16.0 Å². The van der Waals surface area contributed by atoms with E-state index in [1.807, 2.05) is 66.2 Å². The largest absolute Gasteiger partial charge is 0.338 e. The van der Waals surface area contributed by atoms with Gasteiger partial charge in [-0.05, 0) is 36.8 Å². The summed E-state index contributed by atoms with van der Waals surface area (Å²) in [4.78, 5) is 28.4. The highest BCUT2D eigenvalue weighted by Crippen LogP contribution is 2.26. The fraction of sp³-hybridized carbons (Fsp3) is 0.130. The Bertz CT molecular complexity index is 1250. The van der Waals surface area contributed by atoms with E-state index in [2.05, 4.69) is 5.32 Å². The third kappa shape index (κ3) is 3.53. The normalized spacial score (nSPS) is 11.9. The molecule has 0 aliphatic heterocycles. The lowest BCUT2D eigenvalue weighted by Crippen LogP contribution is -2.31. The summed E-state index contributed by atoms with van der Waals surface area (Å²) in [6, 6.07) is 21.3. The number of nitrogens with zero attached hydrogens (tertiary/aromatic N) is 3. The molecule has 1 N–H and O–H groups in total. The average molecular weight is 400 g/mol. The van der Waals surface area contributed by atoms with Crippen molar-refractivity contribution in [2.45, 2.75) is 13.0 Å². The highest BCUT2D eigenvalue weighted by Gasteiger charge is 2.24. The lowest BCUT2D eigenvalue weighted by molar-refractivity contribution is -0.385. The summed E-state index contributed by atoms with van der Waals surface area (Å²) in [5, 5.41) is 14.1. The number of carbonyl (C=O) groups excluding carboxylic acids is 1. The lowest BCUT2D eigenvalue weighted by atomic mass is 10.0. The number of fused-ring (bicyclic) bond motifs is 1. The van der Waals surface area contributed by atoms with Crippen molar-refractivity contribution in [3.05, 3.63) is 105 Å². The van der Waals surface area contributed by atoms with Crippen LogP contribution in [0, 0.1) is 17.0 Å². The molecule has 0 aliphatic rings. The second-order valence-corrected chi connectivity index (χ2v) is 7.09. The molecular weight excluding hydrogens is 380 g/mol. The smallest absolute Gasteiger partial charge is 0.272 e. The quantitative estimate of drug-likeness (QED) is 0.399. The SMILES string of the molecule is Cc1cc(C(=O)NC(c2ccccc2)c2nc3ccccc3n2C)ccc1[N+](=O)[O-]. The molecular formula is C23H20N4O3. The number of para-hydroxylation sites is 2. The van der Waals surface area contributed by atoms with E-state index >= 15 is 0 Å². The molecule has 0 fully saturated rings. The van der Waals surface area contributed by atoms with Gasteiger partial charge in [0.2, 0.25) is 0 Å². The van der Waals surface area contributed by atoms with Crippen molar-refractivity contribution >= 4 is 22.6 Å². The average Bonchev–Trinajstić information content (AvgIpc) is 3.08. The Morgan fingerprint density at radius 1 is 1.07 bits per heavy atom. The van der Waals surface area contributed by atoms with Crippen molar-refractivity contribution in [2.75, 3.05) is 0 Å². The van der Waals surface area contributed by atoms with Gasteiger partial charge in [0.25, 0.3) is 11.6 Å². The number of carbonyl (C=O) groups is 1. The summed E-state index contributed by atoms with van der Waals surface area (Å²) >= 11 is 0. The van der Waals surface area contributed by atoms with Crippen LogP contribution in [0.25, 0.3) is 11.0 Å². The number of nitro groups is 1. The number of aromatic nitrogens is 2. The van der Waals surface area contributed by atoms with Crippen molar-refractivity contribution in [1.82, 2.24) is 14.9 Å². The first kappa shape index (κ1) is 19.3. The molecule has 150 valence electrons. The summed E-state index contributed by atoms with van der Waals surface area (Å²) in [6.45, 7) is 1.62. The number of amides is 1. The maximum atomic E-state index is 13.0. The number of benzene rings is 3. The van der Waals surface area contributed by atoms with Crippen LogP contribution in [-0.4, -0.2) is 20.4 Å². The molecule has 7 nitrogen and oxygen atoms in total. The van der Waals surface area contributed by atoms with Crippen molar-refractivity contribution in [3.63, 3.8) is 0 Å². The molecule has 0 saturated heterocycles. The predicted molar refractivity (Wildman–Crippen MR) is 114 cm³/mol. The molecule has 1 heterocycles. The number of nitrogens with one attached hydrogen (secondary N) is 1. The van der Waals surface area contributed by atoms with Crippen LogP contribution in [0.3, 0.4) is 0 Å². The van der Waals surface area contributed by atoms with Crippen molar-refractivity contribution < 1.29 is 9.72 Å². The minimum Gasteiger partial charge on any atom is -0.338 e. The molecule has 1 amide bonds. The highest BCUT2D eigenvalue weighted by atomic mass is 16.6. The van der Waals surface area contributed by atoms with Gasteiger partial charge < -0.3 is 9.88 Å². The van der Waals surface area contributed by atoms with E-state index in [-0.39, 0.29) is 11.6 Å². The number of aryl methyl sites for hydroxylation is 2. The van der Waals surface area contributed by atoms with Crippen LogP contribution in [0.1, 0.15) is 33.4 Å². The molecule has 30 heavy (non-hydrogen) atoms. The Morgan fingerprint density at radius 2 is 1.77 bits per heavy atom. The topological polar surface area (TPSA) is 90.1 Å². The number of nitro benzene ring substituents is 1. The summed E-state index contributed by atoms with van der Waals surface area (Å²) in [7, 11) is 1.92. The second kappa shape index (κ2) is 7.79. The maximum absolute atomic E-state index is 13.0. The minimum atomic E-state index is -0.480. The van der Waals surface area contributed by atoms with E-state index in [0.29, 0.717) is 17.0 Å². The highest BCUT2D eigenvalue weighted by molar-refractivity contribution is 5.95. The van der Waals surface area contributed by atoms with E-state index in [1.54, 1.807) is 6.92 Å². The maximum Gasteiger partial charge on any atom is 0.272 e. The summed E-state index contributed by atoms with van der Waals surface area (Å²) in [6.07, 6.45) is 0. The van der Waals surface area contributed by atoms with E-state index in [9.17, 15) is 14.9 Å². The predicted octanol–water partition coefficient (Wildman–Crippen LogP) is 4.31. The fourth-order valence-electron chi connectivity index (χ4n) is 3.58. The second-order valence-electron chi connectivity index (χ2n) is 7.09. The van der Waals surface area contributed by atoms with Gasteiger partial charge in [-0.3, -0.25) is 14.9 Å². The monoisotopic (exact) mass is 400 g/mol. The Kier molecular flexibility index (Phi) is 5.02. The van der Waals surface area contributed by atoms with Crippen LogP contribution >= 0.6 is 0 Å². The van der Waals surface area contributed by atoms with E-state index in [4.69, 9.17) is 4.98 Å². The van der Waals surface area contributed by atoms with Crippen LogP contribution in [-0.2, 0) is 7.05 Å². The zero-order chi connectivity index (χ0) is 21.3. The molecule has 3 aromatic carbocycles. The molecule has 7 heteroatoms. The van der Waals surface area contributed by atoms with Gasteiger partial charge >= 0.3 is 0 Å². The molecule has 1 atom stereocenters. The first-order valence-corrected chi connectivity index (χ1v) is 9.48. The molecule has 4 rings (SSSR count). The van der Waals surface area contributed by atoms with Gasteiger partial charge in [-0.1, -0.05) is 42.5 Å². The molecule has 1 aromatic heterocycles. The van der Waals surface area contributed by atoms with E-state index in [0.717, 1.165) is 16.6 Å². The van der Waals surface area contributed by atoms with Gasteiger partial charge in [-0.25, -0.2) is 4.98 Å². The summed E-state index contributed by atoms with van der Waals surface area (Å²) in [5.41, 5.74) is 3.49. The Hall–Kier alpha value is -4.00. The zero-order valence-corrected chi connectivity index (χ0v) is 16.6. The van der Waals surface area contributed by atoms with E-state index < -0.39 is 11.0 Å². The molecule has 0 bridgehead atoms. The number of hydrogen-bond donors (Lipinski definition) is 1. The van der Waals surface area contributed by atoms with Gasteiger partial charge in [0, 0.05) is 24.2 Å². The zero-order valence-electron chi connectivity index (χ0n) is 16.6. The fourth-order valence-corrected chi connectivity index (χ4v) is 3.58. The molecule has 0 aliphatic carbocycles. The van der Waals surface area contributed by atoms with Crippen LogP contribution in [0.2, 0.25) is 0 Å². The van der Waals surface area contributed by atoms with Gasteiger partial charge in [0.15, 0.2) is 0 Å². The van der Waals surface area contributed by atoms with Crippen LogP contribution in [0.5, 0.6) is 0 Å². The Balaban J connectivity index is 1.74. The Labute approximate surface area is 173 Å². The first-order valence-electron chi connectivity index (χ1n) is 9.48. The summed E-state index contributed by atoms with van der Waals surface area (Å²) < 4.78 is 1.97. The van der Waals surface area contributed by atoms with Gasteiger partial charge in [-0.2, -0.15) is 0 Å². The third-order valence-electron chi connectivity index (χ3n) is 5.14. The van der Waals surface area contributed by atoms with Crippen LogP contribution in [0.4, 0.5) is 5.69 Å². The van der Waals surface area contributed by atoms with Crippen LogP contribution in [0.15, 0.2) is 72.8 Å². The van der Waals surface area contributed by atoms with Gasteiger partial charge in [-0.15, -0.1) is 0 Å². The number of imidazole rings is 1. The number of hydrogen-bond acceptors (Lipinski definition) is 4.